The van der Waals surface area contributed by atoms with E-state index in [1.165, 1.54) is 13.3 Å². The van der Waals surface area contributed by atoms with E-state index in [0.717, 1.165) is 26.2 Å². The van der Waals surface area contributed by atoms with E-state index in [4.69, 9.17) is 9.31 Å². The van der Waals surface area contributed by atoms with Crippen LogP contribution < -0.4 is 0 Å². The molecule has 0 spiro atoms. The van der Waals surface area contributed by atoms with Crippen molar-refractivity contribution in [3.63, 3.8) is 0 Å². The van der Waals surface area contributed by atoms with Crippen LogP contribution in [0, 0.1) is 23.2 Å². The summed E-state index contributed by atoms with van der Waals surface area (Å²) in [5.74, 6) is -3.98. The lowest BCUT2D eigenvalue weighted by Crippen LogP contribution is -2.65. The lowest BCUT2D eigenvalue weighted by Gasteiger charge is -2.64. The Balaban J connectivity index is 1.51. The summed E-state index contributed by atoms with van der Waals surface area (Å²) >= 11 is 0. The third-order valence-corrected chi connectivity index (χ3v) is 8.00. The molecule has 146 valence electrons. The summed E-state index contributed by atoms with van der Waals surface area (Å²) in [6.07, 6.45) is 3.76. The number of carbonyl (C=O) groups is 1. The zero-order chi connectivity index (χ0) is 19.1. The van der Waals surface area contributed by atoms with E-state index in [1.54, 1.807) is 4.90 Å². The Morgan fingerprint density at radius 3 is 2.62 bits per heavy atom. The van der Waals surface area contributed by atoms with Crippen LogP contribution >= 0.6 is 0 Å². The molecule has 2 saturated heterocycles. The SMILES string of the molecule is C[C@H](C(=O)N1CCC[C@H]1B1OC2C[C@@H]3C[C@@H](C3(C)C)[C@]2(C)O1)C(C)(F)F. The molecule has 2 bridgehead atoms. The van der Waals surface area contributed by atoms with E-state index in [9.17, 15) is 13.6 Å². The van der Waals surface area contributed by atoms with Crippen molar-refractivity contribution in [2.75, 3.05) is 6.54 Å². The summed E-state index contributed by atoms with van der Waals surface area (Å²) in [6.45, 7) is 9.39. The first-order valence-corrected chi connectivity index (χ1v) is 9.98. The van der Waals surface area contributed by atoms with Gasteiger partial charge in [-0.05, 0) is 56.8 Å². The van der Waals surface area contributed by atoms with Gasteiger partial charge in [0.25, 0.3) is 5.92 Å². The molecule has 5 rings (SSSR count). The number of hydrogen-bond acceptors (Lipinski definition) is 3. The van der Waals surface area contributed by atoms with Crippen LogP contribution in [0.25, 0.3) is 0 Å². The Kier molecular flexibility index (Phi) is 4.07. The monoisotopic (exact) mass is 369 g/mol. The van der Waals surface area contributed by atoms with Gasteiger partial charge in [0.2, 0.25) is 5.91 Å². The van der Waals surface area contributed by atoms with E-state index in [1.807, 2.05) is 0 Å². The fraction of sp³-hybridized carbons (Fsp3) is 0.947. The van der Waals surface area contributed by atoms with Crippen LogP contribution in [0.1, 0.15) is 60.3 Å². The maximum Gasteiger partial charge on any atom is 0.481 e. The van der Waals surface area contributed by atoms with Gasteiger partial charge in [0, 0.05) is 13.5 Å². The van der Waals surface area contributed by atoms with Crippen molar-refractivity contribution in [1.29, 1.82) is 0 Å². The second-order valence-corrected chi connectivity index (χ2v) is 9.76. The number of amides is 1. The van der Waals surface area contributed by atoms with E-state index in [-0.39, 0.29) is 23.1 Å². The molecule has 6 atom stereocenters. The lowest BCUT2D eigenvalue weighted by atomic mass is 9.43. The van der Waals surface area contributed by atoms with Crippen LogP contribution in [0.15, 0.2) is 0 Å². The molecular weight excluding hydrogens is 339 g/mol. The second kappa shape index (κ2) is 5.66. The van der Waals surface area contributed by atoms with E-state index < -0.39 is 24.9 Å². The van der Waals surface area contributed by atoms with Crippen LogP contribution in [0.3, 0.4) is 0 Å². The van der Waals surface area contributed by atoms with Gasteiger partial charge >= 0.3 is 7.12 Å². The first-order chi connectivity index (χ1) is 12.0. The summed E-state index contributed by atoms with van der Waals surface area (Å²) in [7, 11) is -0.496. The molecule has 2 heterocycles. The van der Waals surface area contributed by atoms with Gasteiger partial charge in [0.05, 0.1) is 23.6 Å². The molecule has 3 aliphatic carbocycles. The van der Waals surface area contributed by atoms with Crippen LogP contribution in [0.4, 0.5) is 8.78 Å². The Hall–Kier alpha value is -0.685. The predicted molar refractivity (Wildman–Crippen MR) is 94.6 cm³/mol. The molecule has 0 radical (unpaired) electrons. The first-order valence-electron chi connectivity index (χ1n) is 9.98. The number of likely N-dealkylation sites (tertiary alicyclic amines) is 1. The normalized spacial score (nSPS) is 42.4. The number of halogens is 2. The highest BCUT2D eigenvalue weighted by Gasteiger charge is 2.69. The van der Waals surface area contributed by atoms with Gasteiger partial charge < -0.3 is 14.2 Å². The van der Waals surface area contributed by atoms with Gasteiger partial charge in [-0.25, -0.2) is 8.78 Å². The van der Waals surface area contributed by atoms with Gasteiger partial charge in [-0.1, -0.05) is 13.8 Å². The standard InChI is InChI=1S/C19H30BF2NO3/c1-11(19(5,21)22)16(24)23-8-6-7-15(23)20-25-14-10-12-9-13(17(12,2)3)18(14,4)26-20/h11-15H,6-10H2,1-5H3/t11-,12+,13+,14?,15+,18+/m1/s1. The number of alkyl halides is 2. The summed E-state index contributed by atoms with van der Waals surface area (Å²) < 4.78 is 40.1. The number of carbonyl (C=O) groups excluding carboxylic acids is 1. The molecule has 5 fully saturated rings. The minimum atomic E-state index is -3.02. The molecule has 5 aliphatic rings. The molecule has 3 saturated carbocycles. The van der Waals surface area contributed by atoms with Crippen molar-refractivity contribution in [1.82, 2.24) is 4.90 Å². The van der Waals surface area contributed by atoms with Crippen LogP contribution in [-0.4, -0.2) is 48.0 Å². The van der Waals surface area contributed by atoms with Gasteiger partial charge in [-0.3, -0.25) is 4.79 Å². The third-order valence-electron chi connectivity index (χ3n) is 8.00. The van der Waals surface area contributed by atoms with Crippen LogP contribution in [0.2, 0.25) is 0 Å². The van der Waals surface area contributed by atoms with Gasteiger partial charge in [0.1, 0.15) is 0 Å². The minimum absolute atomic E-state index is 0.0480. The van der Waals surface area contributed by atoms with E-state index in [2.05, 4.69) is 20.8 Å². The fourth-order valence-corrected chi connectivity index (χ4v) is 5.88. The maximum atomic E-state index is 13.7. The van der Waals surface area contributed by atoms with E-state index >= 15 is 0 Å². The zero-order valence-corrected chi connectivity index (χ0v) is 16.4. The predicted octanol–water partition coefficient (Wildman–Crippen LogP) is 3.54. The molecule has 0 aromatic carbocycles. The molecule has 0 N–H and O–H groups in total. The maximum absolute atomic E-state index is 13.7. The number of rotatable bonds is 3. The van der Waals surface area contributed by atoms with Gasteiger partial charge in [0.15, 0.2) is 0 Å². The molecule has 2 aliphatic heterocycles. The summed E-state index contributed by atoms with van der Waals surface area (Å²) in [4.78, 5) is 14.3. The Morgan fingerprint density at radius 2 is 2.00 bits per heavy atom. The zero-order valence-electron chi connectivity index (χ0n) is 16.4. The van der Waals surface area contributed by atoms with Gasteiger partial charge in [-0.2, -0.15) is 0 Å². The molecule has 0 aromatic rings. The molecule has 1 unspecified atom stereocenters. The second-order valence-electron chi connectivity index (χ2n) is 9.76. The third kappa shape index (κ3) is 2.49. The molecule has 7 heteroatoms. The quantitative estimate of drug-likeness (QED) is 0.715. The first kappa shape index (κ1) is 18.7. The molecule has 26 heavy (non-hydrogen) atoms. The van der Waals surface area contributed by atoms with E-state index in [0.29, 0.717) is 18.4 Å². The van der Waals surface area contributed by atoms with Crippen LogP contribution in [0.5, 0.6) is 0 Å². The summed E-state index contributed by atoms with van der Waals surface area (Å²) in [5, 5.41) is 0. The molecule has 0 aromatic heterocycles. The van der Waals surface area contributed by atoms with Crippen molar-refractivity contribution in [3.05, 3.63) is 0 Å². The largest absolute Gasteiger partial charge is 0.481 e. The smallest absolute Gasteiger partial charge is 0.404 e. The highest BCUT2D eigenvalue weighted by Crippen LogP contribution is 2.65. The Bertz CT molecular complexity index is 610. The van der Waals surface area contributed by atoms with Crippen molar-refractivity contribution in [2.24, 2.45) is 23.2 Å². The van der Waals surface area contributed by atoms with Crippen molar-refractivity contribution in [3.8, 4) is 0 Å². The minimum Gasteiger partial charge on any atom is -0.404 e. The fourth-order valence-electron chi connectivity index (χ4n) is 5.88. The molecule has 1 amide bonds. The number of hydrogen-bond donors (Lipinski definition) is 0. The van der Waals surface area contributed by atoms with Gasteiger partial charge in [-0.15, -0.1) is 0 Å². The van der Waals surface area contributed by atoms with Crippen molar-refractivity contribution < 1.29 is 22.9 Å². The summed E-state index contributed by atoms with van der Waals surface area (Å²) in [5.41, 5.74) is -0.0754. The Labute approximate surface area is 155 Å². The lowest BCUT2D eigenvalue weighted by molar-refractivity contribution is -0.199. The molecule has 4 nitrogen and oxygen atoms in total. The highest BCUT2D eigenvalue weighted by molar-refractivity contribution is 6.48. The average molecular weight is 369 g/mol. The topological polar surface area (TPSA) is 38.8 Å². The molecular formula is C19H30BF2NO3. The highest BCUT2D eigenvalue weighted by atomic mass is 19.3. The van der Waals surface area contributed by atoms with Crippen LogP contribution in [-0.2, 0) is 14.1 Å². The number of nitrogens with zero attached hydrogens (tertiary/aromatic N) is 1. The van der Waals surface area contributed by atoms with Crippen molar-refractivity contribution >= 4 is 13.0 Å². The Morgan fingerprint density at radius 1 is 1.31 bits per heavy atom. The summed E-state index contributed by atoms with van der Waals surface area (Å²) in [6, 6.07) is 0. The van der Waals surface area contributed by atoms with Crippen molar-refractivity contribution in [2.45, 2.75) is 83.9 Å². The average Bonchev–Trinajstić information content (AvgIpc) is 3.14.